The van der Waals surface area contributed by atoms with Crippen LogP contribution in [0.1, 0.15) is 32.1 Å². The minimum Gasteiger partial charge on any atom is -0.342 e. The van der Waals surface area contributed by atoms with E-state index in [2.05, 4.69) is 15.6 Å². The van der Waals surface area contributed by atoms with Gasteiger partial charge in [0, 0.05) is 11.3 Å². The van der Waals surface area contributed by atoms with Crippen LogP contribution in [0.2, 0.25) is 0 Å². The number of benzene rings is 2. The van der Waals surface area contributed by atoms with Crippen LogP contribution in [-0.4, -0.2) is 23.3 Å². The molecule has 1 aromatic heterocycles. The van der Waals surface area contributed by atoms with Crippen LogP contribution in [0, 0.1) is 20.8 Å². The highest BCUT2D eigenvalue weighted by atomic mass is 32.1. The molecule has 0 unspecified atom stereocenters. The molecule has 0 atom stereocenters. The van der Waals surface area contributed by atoms with Crippen molar-refractivity contribution >= 4 is 28.8 Å². The average molecular weight is 447 g/mol. The summed E-state index contributed by atoms with van der Waals surface area (Å²) >= 11 is 1.06. The largest absolute Gasteiger partial charge is 0.416 e. The van der Waals surface area contributed by atoms with E-state index in [9.17, 15) is 22.8 Å². The van der Waals surface area contributed by atoms with E-state index in [1.165, 1.54) is 12.1 Å². The van der Waals surface area contributed by atoms with Crippen molar-refractivity contribution < 1.29 is 22.8 Å². The second-order valence-corrected chi connectivity index (χ2v) is 8.01. The van der Waals surface area contributed by atoms with Gasteiger partial charge >= 0.3 is 6.18 Å². The van der Waals surface area contributed by atoms with Crippen molar-refractivity contribution in [3.05, 3.63) is 69.7 Å². The van der Waals surface area contributed by atoms with E-state index in [-0.39, 0.29) is 12.5 Å². The van der Waals surface area contributed by atoms with E-state index >= 15 is 0 Å². The Morgan fingerprint density at radius 2 is 1.61 bits per heavy atom. The molecular formula is C22H20F3N3O2S. The lowest BCUT2D eigenvalue weighted by molar-refractivity contribution is -0.137. The predicted molar refractivity (Wildman–Crippen MR) is 114 cm³/mol. The Labute approximate surface area is 181 Å². The van der Waals surface area contributed by atoms with Gasteiger partial charge in [-0.3, -0.25) is 9.59 Å². The van der Waals surface area contributed by atoms with Crippen molar-refractivity contribution in [1.29, 1.82) is 0 Å². The number of thiazole rings is 1. The fraction of sp³-hybridized carbons (Fsp3) is 0.227. The van der Waals surface area contributed by atoms with Gasteiger partial charge < -0.3 is 10.6 Å². The van der Waals surface area contributed by atoms with Gasteiger partial charge in [0.05, 0.1) is 17.8 Å². The van der Waals surface area contributed by atoms with Crippen LogP contribution in [0.25, 0.3) is 10.6 Å². The Hall–Kier alpha value is -3.20. The van der Waals surface area contributed by atoms with Crippen molar-refractivity contribution in [3.63, 3.8) is 0 Å². The summed E-state index contributed by atoms with van der Waals surface area (Å²) in [4.78, 5) is 29.4. The standard InChI is InChI=1S/C22H20F3N3O2S/c1-12-5-4-6-13(2)18(12)28-17(29)11-26-20(30)19-14(3)27-21(31-19)15-7-9-16(10-8-15)22(23,24)25/h4-10H,11H2,1-3H3,(H,26,30)(H,28,29). The zero-order valence-electron chi connectivity index (χ0n) is 17.1. The number of alkyl halides is 3. The minimum atomic E-state index is -4.42. The molecule has 0 radical (unpaired) electrons. The minimum absolute atomic E-state index is 0.223. The number of amides is 2. The number of hydrogen-bond donors (Lipinski definition) is 2. The molecule has 0 saturated carbocycles. The third-order valence-corrected chi connectivity index (χ3v) is 5.82. The molecular weight excluding hydrogens is 427 g/mol. The lowest BCUT2D eigenvalue weighted by atomic mass is 10.1. The molecule has 0 spiro atoms. The molecule has 5 nitrogen and oxygen atoms in total. The lowest BCUT2D eigenvalue weighted by Crippen LogP contribution is -2.33. The second-order valence-electron chi connectivity index (χ2n) is 7.01. The molecule has 0 aliphatic rings. The Kier molecular flexibility index (Phi) is 6.45. The van der Waals surface area contributed by atoms with Crippen LogP contribution in [0.5, 0.6) is 0 Å². The Morgan fingerprint density at radius 1 is 1.00 bits per heavy atom. The van der Waals surface area contributed by atoms with E-state index in [1.54, 1.807) is 6.92 Å². The van der Waals surface area contributed by atoms with Gasteiger partial charge in [0.2, 0.25) is 5.91 Å². The number of aryl methyl sites for hydroxylation is 3. The molecule has 0 fully saturated rings. The number of hydrogen-bond acceptors (Lipinski definition) is 4. The molecule has 0 aliphatic carbocycles. The molecule has 3 aromatic rings. The van der Waals surface area contributed by atoms with Gasteiger partial charge in [-0.05, 0) is 44.0 Å². The third kappa shape index (κ3) is 5.29. The molecule has 0 aliphatic heterocycles. The van der Waals surface area contributed by atoms with Crippen molar-refractivity contribution in [2.75, 3.05) is 11.9 Å². The first-order valence-electron chi connectivity index (χ1n) is 9.35. The van der Waals surface area contributed by atoms with Crippen LogP contribution < -0.4 is 10.6 Å². The zero-order chi connectivity index (χ0) is 22.8. The van der Waals surface area contributed by atoms with E-state index in [4.69, 9.17) is 0 Å². The van der Waals surface area contributed by atoms with Crippen LogP contribution >= 0.6 is 11.3 Å². The second kappa shape index (κ2) is 8.89. The summed E-state index contributed by atoms with van der Waals surface area (Å²) in [5.41, 5.74) is 2.71. The van der Waals surface area contributed by atoms with Crippen molar-refractivity contribution in [2.45, 2.75) is 26.9 Å². The highest BCUT2D eigenvalue weighted by Crippen LogP contribution is 2.33. The number of rotatable bonds is 5. The fourth-order valence-electron chi connectivity index (χ4n) is 2.97. The molecule has 2 N–H and O–H groups in total. The summed E-state index contributed by atoms with van der Waals surface area (Å²) in [6.45, 7) is 5.17. The molecule has 0 bridgehead atoms. The lowest BCUT2D eigenvalue weighted by Gasteiger charge is -2.11. The van der Waals surface area contributed by atoms with Gasteiger partial charge in [-0.2, -0.15) is 13.2 Å². The van der Waals surface area contributed by atoms with Crippen LogP contribution in [0.15, 0.2) is 42.5 Å². The number of anilines is 1. The first kappa shape index (κ1) is 22.5. The number of halogens is 3. The van der Waals surface area contributed by atoms with E-state index in [0.29, 0.717) is 26.8 Å². The molecule has 9 heteroatoms. The van der Waals surface area contributed by atoms with Crippen LogP contribution in [0.3, 0.4) is 0 Å². The van der Waals surface area contributed by atoms with Crippen molar-refractivity contribution in [3.8, 4) is 10.6 Å². The molecule has 0 saturated heterocycles. The molecule has 1 heterocycles. The molecule has 2 aromatic carbocycles. The number of para-hydroxylation sites is 1. The Bertz CT molecular complexity index is 1100. The Morgan fingerprint density at radius 3 is 2.19 bits per heavy atom. The summed E-state index contributed by atoms with van der Waals surface area (Å²) in [5.74, 6) is -0.833. The maximum absolute atomic E-state index is 12.7. The summed E-state index contributed by atoms with van der Waals surface area (Å²) < 4.78 is 38.2. The molecule has 162 valence electrons. The number of nitrogens with one attached hydrogen (secondary N) is 2. The zero-order valence-corrected chi connectivity index (χ0v) is 17.9. The summed E-state index contributed by atoms with van der Waals surface area (Å²) in [5, 5.41) is 5.78. The summed E-state index contributed by atoms with van der Waals surface area (Å²) in [6.07, 6.45) is -4.42. The number of carbonyl (C=O) groups is 2. The SMILES string of the molecule is Cc1cccc(C)c1NC(=O)CNC(=O)c1sc(-c2ccc(C(F)(F)F)cc2)nc1C. The van der Waals surface area contributed by atoms with Gasteiger partial charge in [0.1, 0.15) is 9.88 Å². The molecule has 3 rings (SSSR count). The van der Waals surface area contributed by atoms with Crippen LogP contribution in [-0.2, 0) is 11.0 Å². The monoisotopic (exact) mass is 447 g/mol. The molecule has 31 heavy (non-hydrogen) atoms. The third-order valence-electron chi connectivity index (χ3n) is 4.62. The summed E-state index contributed by atoms with van der Waals surface area (Å²) in [6, 6.07) is 10.2. The summed E-state index contributed by atoms with van der Waals surface area (Å²) in [7, 11) is 0. The van der Waals surface area contributed by atoms with Gasteiger partial charge in [-0.15, -0.1) is 11.3 Å². The van der Waals surface area contributed by atoms with Gasteiger partial charge in [0.25, 0.3) is 5.91 Å². The van der Waals surface area contributed by atoms with Crippen molar-refractivity contribution in [2.24, 2.45) is 0 Å². The first-order valence-corrected chi connectivity index (χ1v) is 10.2. The number of aromatic nitrogens is 1. The smallest absolute Gasteiger partial charge is 0.342 e. The number of carbonyl (C=O) groups excluding carboxylic acids is 2. The quantitative estimate of drug-likeness (QED) is 0.570. The van der Waals surface area contributed by atoms with Gasteiger partial charge in [-0.1, -0.05) is 30.3 Å². The fourth-order valence-corrected chi connectivity index (χ4v) is 3.96. The Balaban J connectivity index is 1.66. The van der Waals surface area contributed by atoms with Crippen molar-refractivity contribution in [1.82, 2.24) is 10.3 Å². The molecule has 2 amide bonds. The topological polar surface area (TPSA) is 71.1 Å². The highest BCUT2D eigenvalue weighted by Gasteiger charge is 2.30. The maximum atomic E-state index is 12.7. The normalized spacial score (nSPS) is 11.3. The first-order chi connectivity index (χ1) is 14.6. The van der Waals surface area contributed by atoms with Gasteiger partial charge in [0.15, 0.2) is 0 Å². The predicted octanol–water partition coefficient (Wildman–Crippen LogP) is 5.12. The van der Waals surface area contributed by atoms with E-state index in [0.717, 1.165) is 34.6 Å². The maximum Gasteiger partial charge on any atom is 0.416 e. The number of nitrogens with zero attached hydrogens (tertiary/aromatic N) is 1. The van der Waals surface area contributed by atoms with Crippen LogP contribution in [0.4, 0.5) is 18.9 Å². The van der Waals surface area contributed by atoms with Gasteiger partial charge in [-0.25, -0.2) is 4.98 Å². The van der Waals surface area contributed by atoms with E-state index < -0.39 is 17.6 Å². The van der Waals surface area contributed by atoms with E-state index in [1.807, 2.05) is 32.0 Å². The average Bonchev–Trinajstić information content (AvgIpc) is 3.10. The highest BCUT2D eigenvalue weighted by molar-refractivity contribution is 7.17.